The predicted molar refractivity (Wildman–Crippen MR) is 83.6 cm³/mol. The minimum Gasteiger partial charge on any atom is -0.489 e. The summed E-state index contributed by atoms with van der Waals surface area (Å²) in [4.78, 5) is 11.8. The highest BCUT2D eigenvalue weighted by Crippen LogP contribution is 2.28. The molecule has 1 unspecified atom stereocenters. The minimum atomic E-state index is -0.0351. The van der Waals surface area contributed by atoms with Gasteiger partial charge in [-0.15, -0.1) is 0 Å². The standard InChI is InChI=1S/C15H23ClN2O2/c1-5-17-11(4)8-15(19)18-12-6-7-14(13(16)9-12)20-10(2)3/h6-7,9-11,17H,5,8H2,1-4H3,(H,18,19). The quantitative estimate of drug-likeness (QED) is 0.810. The Kier molecular flexibility index (Phi) is 6.82. The number of hydrogen-bond donors (Lipinski definition) is 2. The molecule has 1 atom stereocenters. The molecule has 4 nitrogen and oxygen atoms in total. The highest BCUT2D eigenvalue weighted by molar-refractivity contribution is 6.32. The summed E-state index contributed by atoms with van der Waals surface area (Å²) in [7, 11) is 0. The van der Waals surface area contributed by atoms with Gasteiger partial charge < -0.3 is 15.4 Å². The number of carbonyl (C=O) groups excluding carboxylic acids is 1. The number of benzene rings is 1. The van der Waals surface area contributed by atoms with Crippen molar-refractivity contribution in [3.05, 3.63) is 23.2 Å². The Morgan fingerprint density at radius 3 is 2.60 bits per heavy atom. The summed E-state index contributed by atoms with van der Waals surface area (Å²) in [5, 5.41) is 6.53. The minimum absolute atomic E-state index is 0.0351. The second-order valence-electron chi connectivity index (χ2n) is 5.02. The van der Waals surface area contributed by atoms with Gasteiger partial charge in [-0.3, -0.25) is 4.79 Å². The summed E-state index contributed by atoms with van der Waals surface area (Å²) in [5.41, 5.74) is 0.680. The molecule has 0 fully saturated rings. The van der Waals surface area contributed by atoms with Gasteiger partial charge in [0.25, 0.3) is 0 Å². The molecule has 0 spiro atoms. The zero-order valence-electron chi connectivity index (χ0n) is 12.5. The smallest absolute Gasteiger partial charge is 0.225 e. The maximum absolute atomic E-state index is 11.8. The number of carbonyl (C=O) groups is 1. The lowest BCUT2D eigenvalue weighted by Gasteiger charge is -2.14. The van der Waals surface area contributed by atoms with E-state index in [0.29, 0.717) is 22.9 Å². The molecule has 0 heterocycles. The van der Waals surface area contributed by atoms with Crippen LogP contribution in [0.4, 0.5) is 5.69 Å². The Labute approximate surface area is 125 Å². The Morgan fingerprint density at radius 2 is 2.05 bits per heavy atom. The van der Waals surface area contributed by atoms with E-state index < -0.39 is 0 Å². The van der Waals surface area contributed by atoms with Crippen LogP contribution in [0.5, 0.6) is 5.75 Å². The molecule has 0 aliphatic carbocycles. The molecule has 1 aromatic carbocycles. The number of anilines is 1. The number of rotatable bonds is 7. The number of amides is 1. The van der Waals surface area contributed by atoms with Crippen molar-refractivity contribution in [1.29, 1.82) is 0 Å². The fraction of sp³-hybridized carbons (Fsp3) is 0.533. The van der Waals surface area contributed by atoms with Gasteiger partial charge in [0, 0.05) is 18.2 Å². The molecule has 0 saturated carbocycles. The van der Waals surface area contributed by atoms with Crippen molar-refractivity contribution in [2.75, 3.05) is 11.9 Å². The van der Waals surface area contributed by atoms with Crippen LogP contribution in [0, 0.1) is 0 Å². The van der Waals surface area contributed by atoms with Crippen molar-refractivity contribution in [2.24, 2.45) is 0 Å². The van der Waals surface area contributed by atoms with E-state index in [1.54, 1.807) is 18.2 Å². The van der Waals surface area contributed by atoms with Crippen molar-refractivity contribution in [3.63, 3.8) is 0 Å². The van der Waals surface area contributed by atoms with E-state index in [-0.39, 0.29) is 18.1 Å². The third kappa shape index (κ3) is 5.80. The van der Waals surface area contributed by atoms with Crippen LogP contribution >= 0.6 is 11.6 Å². The lowest BCUT2D eigenvalue weighted by atomic mass is 10.2. The third-order valence-electron chi connectivity index (χ3n) is 2.62. The lowest BCUT2D eigenvalue weighted by Crippen LogP contribution is -2.30. The van der Waals surface area contributed by atoms with E-state index in [1.807, 2.05) is 27.7 Å². The summed E-state index contributed by atoms with van der Waals surface area (Å²) in [6.45, 7) is 8.72. The topological polar surface area (TPSA) is 50.4 Å². The Morgan fingerprint density at radius 1 is 1.35 bits per heavy atom. The van der Waals surface area contributed by atoms with Gasteiger partial charge in [-0.2, -0.15) is 0 Å². The normalized spacial score (nSPS) is 12.3. The zero-order chi connectivity index (χ0) is 15.1. The number of ether oxygens (including phenoxy) is 1. The molecule has 1 rings (SSSR count). The summed E-state index contributed by atoms with van der Waals surface area (Å²) in [6, 6.07) is 5.42. The molecule has 0 saturated heterocycles. The SMILES string of the molecule is CCNC(C)CC(=O)Nc1ccc(OC(C)C)c(Cl)c1. The van der Waals surface area contributed by atoms with E-state index in [2.05, 4.69) is 10.6 Å². The molecule has 0 bridgehead atoms. The molecule has 1 aromatic rings. The second kappa shape index (κ2) is 8.12. The van der Waals surface area contributed by atoms with Crippen molar-refractivity contribution in [3.8, 4) is 5.75 Å². The van der Waals surface area contributed by atoms with E-state index in [0.717, 1.165) is 6.54 Å². The molecular weight excluding hydrogens is 276 g/mol. The molecule has 0 aliphatic rings. The van der Waals surface area contributed by atoms with Gasteiger partial charge in [-0.05, 0) is 45.5 Å². The van der Waals surface area contributed by atoms with Crippen LogP contribution in [0.15, 0.2) is 18.2 Å². The molecule has 1 amide bonds. The maximum atomic E-state index is 11.8. The average molecular weight is 299 g/mol. The van der Waals surface area contributed by atoms with Gasteiger partial charge in [0.15, 0.2) is 0 Å². The molecule has 0 aliphatic heterocycles. The average Bonchev–Trinajstić information content (AvgIpc) is 2.32. The first-order chi connectivity index (χ1) is 9.42. The first-order valence-electron chi connectivity index (χ1n) is 6.91. The second-order valence-corrected chi connectivity index (χ2v) is 5.43. The van der Waals surface area contributed by atoms with Gasteiger partial charge in [-0.1, -0.05) is 18.5 Å². The predicted octanol–water partition coefficient (Wildman–Crippen LogP) is 3.45. The number of halogens is 1. The molecule has 2 N–H and O–H groups in total. The van der Waals surface area contributed by atoms with Crippen LogP contribution in [-0.4, -0.2) is 24.6 Å². The van der Waals surface area contributed by atoms with E-state index in [1.165, 1.54) is 0 Å². The van der Waals surface area contributed by atoms with Crippen molar-refractivity contribution in [2.45, 2.75) is 46.3 Å². The maximum Gasteiger partial charge on any atom is 0.225 e. The zero-order valence-corrected chi connectivity index (χ0v) is 13.3. The van der Waals surface area contributed by atoms with Crippen molar-refractivity contribution < 1.29 is 9.53 Å². The molecule has 0 radical (unpaired) electrons. The van der Waals surface area contributed by atoms with E-state index in [4.69, 9.17) is 16.3 Å². The Bertz CT molecular complexity index is 449. The van der Waals surface area contributed by atoms with Gasteiger partial charge in [0.05, 0.1) is 11.1 Å². The van der Waals surface area contributed by atoms with Gasteiger partial charge in [0.1, 0.15) is 5.75 Å². The molecular formula is C15H23ClN2O2. The van der Waals surface area contributed by atoms with Crippen LogP contribution in [0.25, 0.3) is 0 Å². The molecule has 5 heteroatoms. The summed E-state index contributed by atoms with van der Waals surface area (Å²) < 4.78 is 5.55. The lowest BCUT2D eigenvalue weighted by molar-refractivity contribution is -0.116. The Hall–Kier alpha value is -1.26. The fourth-order valence-electron chi connectivity index (χ4n) is 1.84. The van der Waals surface area contributed by atoms with Crippen LogP contribution in [-0.2, 0) is 4.79 Å². The fourth-order valence-corrected chi connectivity index (χ4v) is 2.06. The highest BCUT2D eigenvalue weighted by atomic mass is 35.5. The summed E-state index contributed by atoms with van der Waals surface area (Å²) in [6.07, 6.45) is 0.490. The largest absolute Gasteiger partial charge is 0.489 e. The number of hydrogen-bond acceptors (Lipinski definition) is 3. The van der Waals surface area contributed by atoms with Crippen molar-refractivity contribution >= 4 is 23.2 Å². The Balaban J connectivity index is 2.60. The van der Waals surface area contributed by atoms with Gasteiger partial charge in [0.2, 0.25) is 5.91 Å². The van der Waals surface area contributed by atoms with Gasteiger partial charge in [-0.25, -0.2) is 0 Å². The van der Waals surface area contributed by atoms with E-state index in [9.17, 15) is 4.79 Å². The molecule has 112 valence electrons. The van der Waals surface area contributed by atoms with Crippen LogP contribution < -0.4 is 15.4 Å². The van der Waals surface area contributed by atoms with Crippen LogP contribution in [0.1, 0.15) is 34.1 Å². The van der Waals surface area contributed by atoms with Gasteiger partial charge >= 0.3 is 0 Å². The summed E-state index contributed by atoms with van der Waals surface area (Å²) in [5.74, 6) is 0.590. The molecule has 20 heavy (non-hydrogen) atoms. The number of nitrogens with one attached hydrogen (secondary N) is 2. The third-order valence-corrected chi connectivity index (χ3v) is 2.92. The summed E-state index contributed by atoms with van der Waals surface area (Å²) >= 11 is 6.12. The van der Waals surface area contributed by atoms with Crippen LogP contribution in [0.3, 0.4) is 0 Å². The van der Waals surface area contributed by atoms with E-state index >= 15 is 0 Å². The first-order valence-corrected chi connectivity index (χ1v) is 7.29. The monoisotopic (exact) mass is 298 g/mol. The first kappa shape index (κ1) is 16.8. The highest BCUT2D eigenvalue weighted by Gasteiger charge is 2.10. The van der Waals surface area contributed by atoms with Crippen molar-refractivity contribution in [1.82, 2.24) is 5.32 Å². The van der Waals surface area contributed by atoms with Crippen LogP contribution in [0.2, 0.25) is 5.02 Å². The molecule has 0 aromatic heterocycles.